The third-order valence-electron chi connectivity index (χ3n) is 2.16. The van der Waals surface area contributed by atoms with E-state index in [1.54, 1.807) is 0 Å². The molecule has 0 aliphatic rings. The Hall–Kier alpha value is -0.610. The fourth-order valence-electron chi connectivity index (χ4n) is 1.25. The van der Waals surface area contributed by atoms with E-state index in [4.69, 9.17) is 10.8 Å². The average molecular weight is 188 g/mol. The van der Waals surface area contributed by atoms with Crippen LogP contribution in [-0.2, 0) is 4.79 Å². The zero-order valence-corrected chi connectivity index (χ0v) is 8.42. The summed E-state index contributed by atoms with van der Waals surface area (Å²) in [7, 11) is 0. The van der Waals surface area contributed by atoms with Crippen molar-refractivity contribution in [2.24, 2.45) is 5.73 Å². The van der Waals surface area contributed by atoms with E-state index in [1.807, 2.05) is 13.8 Å². The highest BCUT2D eigenvalue weighted by Gasteiger charge is 2.16. The van der Waals surface area contributed by atoms with Crippen LogP contribution in [0.5, 0.6) is 0 Å². The summed E-state index contributed by atoms with van der Waals surface area (Å²) in [5, 5.41) is 11.9. The Balaban J connectivity index is 3.95. The first-order valence-electron chi connectivity index (χ1n) is 4.81. The van der Waals surface area contributed by atoms with E-state index < -0.39 is 0 Å². The van der Waals surface area contributed by atoms with Gasteiger partial charge in [0.15, 0.2) is 0 Å². The van der Waals surface area contributed by atoms with Gasteiger partial charge in [-0.05, 0) is 19.3 Å². The summed E-state index contributed by atoms with van der Waals surface area (Å²) in [5.41, 5.74) is 5.18. The molecule has 1 amide bonds. The lowest BCUT2D eigenvalue weighted by Gasteiger charge is -2.21. The molecular formula is C9H20N2O2. The number of carbonyl (C=O) groups is 1. The van der Waals surface area contributed by atoms with E-state index in [-0.39, 0.29) is 24.6 Å². The Kier molecular flexibility index (Phi) is 6.54. The van der Waals surface area contributed by atoms with Gasteiger partial charge >= 0.3 is 0 Å². The third-order valence-corrected chi connectivity index (χ3v) is 2.16. The highest BCUT2D eigenvalue weighted by molar-refractivity contribution is 5.79. The SMILES string of the molecule is CCC(CCO)NC(CC)C(N)=O. The van der Waals surface area contributed by atoms with Crippen LogP contribution in [0.3, 0.4) is 0 Å². The van der Waals surface area contributed by atoms with Gasteiger partial charge in [0.2, 0.25) is 5.91 Å². The number of carbonyl (C=O) groups excluding carboxylic acids is 1. The van der Waals surface area contributed by atoms with Crippen LogP contribution in [0.25, 0.3) is 0 Å². The zero-order chi connectivity index (χ0) is 10.3. The van der Waals surface area contributed by atoms with Gasteiger partial charge in [0, 0.05) is 12.6 Å². The standard InChI is InChI=1S/C9H20N2O2/c1-3-7(5-6-12)11-8(4-2)9(10)13/h7-8,11-12H,3-6H2,1-2H3,(H2,10,13). The van der Waals surface area contributed by atoms with Crippen LogP contribution in [0.2, 0.25) is 0 Å². The van der Waals surface area contributed by atoms with Gasteiger partial charge in [-0.15, -0.1) is 0 Å². The van der Waals surface area contributed by atoms with Crippen LogP contribution in [0.15, 0.2) is 0 Å². The van der Waals surface area contributed by atoms with Crippen LogP contribution in [0.1, 0.15) is 33.1 Å². The number of primary amides is 1. The second-order valence-corrected chi connectivity index (χ2v) is 3.15. The van der Waals surface area contributed by atoms with E-state index in [1.165, 1.54) is 0 Å². The fourth-order valence-corrected chi connectivity index (χ4v) is 1.25. The Morgan fingerprint density at radius 3 is 2.38 bits per heavy atom. The molecule has 4 heteroatoms. The Bertz CT molecular complexity index is 151. The molecule has 0 bridgehead atoms. The molecule has 4 nitrogen and oxygen atoms in total. The third kappa shape index (κ3) is 4.85. The highest BCUT2D eigenvalue weighted by Crippen LogP contribution is 2.00. The monoisotopic (exact) mass is 188 g/mol. The summed E-state index contributed by atoms with van der Waals surface area (Å²) in [4.78, 5) is 10.9. The molecular weight excluding hydrogens is 168 g/mol. The predicted molar refractivity (Wildman–Crippen MR) is 52.2 cm³/mol. The lowest BCUT2D eigenvalue weighted by molar-refractivity contribution is -0.120. The molecule has 2 atom stereocenters. The maximum atomic E-state index is 10.9. The number of nitrogens with one attached hydrogen (secondary N) is 1. The number of hydrogen-bond acceptors (Lipinski definition) is 3. The summed E-state index contributed by atoms with van der Waals surface area (Å²) in [6, 6.07) is -0.0843. The summed E-state index contributed by atoms with van der Waals surface area (Å²) in [5.74, 6) is -0.320. The first-order valence-corrected chi connectivity index (χ1v) is 4.81. The number of hydrogen-bond donors (Lipinski definition) is 3. The fraction of sp³-hybridized carbons (Fsp3) is 0.889. The molecule has 0 spiro atoms. The molecule has 0 fully saturated rings. The maximum absolute atomic E-state index is 10.9. The van der Waals surface area contributed by atoms with Crippen molar-refractivity contribution < 1.29 is 9.90 Å². The van der Waals surface area contributed by atoms with Crippen molar-refractivity contribution in [1.29, 1.82) is 0 Å². The highest BCUT2D eigenvalue weighted by atomic mass is 16.3. The number of nitrogens with two attached hydrogens (primary N) is 1. The van der Waals surface area contributed by atoms with Crippen LogP contribution < -0.4 is 11.1 Å². The number of aliphatic hydroxyl groups excluding tert-OH is 1. The van der Waals surface area contributed by atoms with Crippen molar-refractivity contribution in [3.05, 3.63) is 0 Å². The van der Waals surface area contributed by atoms with Gasteiger partial charge in [-0.3, -0.25) is 4.79 Å². The van der Waals surface area contributed by atoms with Gasteiger partial charge in [0.25, 0.3) is 0 Å². The maximum Gasteiger partial charge on any atom is 0.234 e. The Morgan fingerprint density at radius 2 is 2.08 bits per heavy atom. The van der Waals surface area contributed by atoms with Gasteiger partial charge in [0.1, 0.15) is 0 Å². The molecule has 0 aliphatic heterocycles. The van der Waals surface area contributed by atoms with Crippen molar-refractivity contribution in [3.63, 3.8) is 0 Å². The molecule has 0 radical (unpaired) electrons. The van der Waals surface area contributed by atoms with Gasteiger partial charge in [-0.25, -0.2) is 0 Å². The minimum absolute atomic E-state index is 0.140. The van der Waals surface area contributed by atoms with Gasteiger partial charge in [-0.2, -0.15) is 0 Å². The molecule has 0 aromatic rings. The first kappa shape index (κ1) is 12.4. The van der Waals surface area contributed by atoms with Crippen molar-refractivity contribution in [3.8, 4) is 0 Å². The summed E-state index contributed by atoms with van der Waals surface area (Å²) >= 11 is 0. The topological polar surface area (TPSA) is 75.3 Å². The number of rotatable bonds is 7. The second-order valence-electron chi connectivity index (χ2n) is 3.15. The minimum Gasteiger partial charge on any atom is -0.396 e. The average Bonchev–Trinajstić information content (AvgIpc) is 2.11. The molecule has 0 aromatic carbocycles. The van der Waals surface area contributed by atoms with Crippen molar-refractivity contribution in [1.82, 2.24) is 5.32 Å². The molecule has 13 heavy (non-hydrogen) atoms. The van der Waals surface area contributed by atoms with E-state index in [0.29, 0.717) is 12.8 Å². The number of amides is 1. The minimum atomic E-state index is -0.320. The van der Waals surface area contributed by atoms with Crippen molar-refractivity contribution >= 4 is 5.91 Å². The largest absolute Gasteiger partial charge is 0.396 e. The van der Waals surface area contributed by atoms with Gasteiger partial charge in [-0.1, -0.05) is 13.8 Å². The van der Waals surface area contributed by atoms with Gasteiger partial charge in [0.05, 0.1) is 6.04 Å². The molecule has 0 aromatic heterocycles. The number of aliphatic hydroxyl groups is 1. The smallest absolute Gasteiger partial charge is 0.234 e. The van der Waals surface area contributed by atoms with E-state index in [9.17, 15) is 4.79 Å². The summed E-state index contributed by atoms with van der Waals surface area (Å²) in [6.07, 6.45) is 2.25. The quantitative estimate of drug-likeness (QED) is 0.526. The lowest BCUT2D eigenvalue weighted by Crippen LogP contribution is -2.46. The zero-order valence-electron chi connectivity index (χ0n) is 8.42. The van der Waals surface area contributed by atoms with Crippen molar-refractivity contribution in [2.45, 2.75) is 45.2 Å². The van der Waals surface area contributed by atoms with Gasteiger partial charge < -0.3 is 16.2 Å². The normalized spacial score (nSPS) is 15.3. The van der Waals surface area contributed by atoms with Crippen LogP contribution in [0.4, 0.5) is 0 Å². The molecule has 0 aliphatic carbocycles. The van der Waals surface area contributed by atoms with E-state index in [2.05, 4.69) is 5.32 Å². The van der Waals surface area contributed by atoms with Crippen molar-refractivity contribution in [2.75, 3.05) is 6.61 Å². The Labute approximate surface area is 79.5 Å². The predicted octanol–water partition coefficient (Wildman–Crippen LogP) is 0.000900. The van der Waals surface area contributed by atoms with Crippen LogP contribution in [0, 0.1) is 0 Å². The van der Waals surface area contributed by atoms with E-state index >= 15 is 0 Å². The van der Waals surface area contributed by atoms with Crippen LogP contribution in [-0.4, -0.2) is 29.7 Å². The second kappa shape index (κ2) is 6.86. The molecule has 4 N–H and O–H groups in total. The molecule has 0 saturated heterocycles. The molecule has 0 saturated carbocycles. The van der Waals surface area contributed by atoms with Crippen LogP contribution >= 0.6 is 0 Å². The Morgan fingerprint density at radius 1 is 1.46 bits per heavy atom. The molecule has 0 rings (SSSR count). The molecule has 78 valence electrons. The summed E-state index contributed by atoms with van der Waals surface area (Å²) in [6.45, 7) is 4.07. The lowest BCUT2D eigenvalue weighted by atomic mass is 10.1. The summed E-state index contributed by atoms with van der Waals surface area (Å²) < 4.78 is 0. The first-order chi connectivity index (χ1) is 6.15. The van der Waals surface area contributed by atoms with E-state index in [0.717, 1.165) is 6.42 Å². The molecule has 2 unspecified atom stereocenters. The molecule has 0 heterocycles.